The number of nitrogens with one attached hydrogen (secondary N) is 1. The van der Waals surface area contributed by atoms with Crippen molar-refractivity contribution in [3.05, 3.63) is 53.7 Å². The van der Waals surface area contributed by atoms with Gasteiger partial charge < -0.3 is 0 Å². The van der Waals surface area contributed by atoms with Crippen LogP contribution >= 0.6 is 0 Å². The third-order valence-corrected chi connectivity index (χ3v) is 4.38. The highest BCUT2D eigenvalue weighted by Crippen LogP contribution is 2.19. The largest absolute Gasteiger partial charge is 0.263 e. The van der Waals surface area contributed by atoms with Crippen LogP contribution in [0.5, 0.6) is 0 Å². The minimum atomic E-state index is -3.59. The lowest BCUT2D eigenvalue weighted by atomic mass is 10.0. The fourth-order valence-corrected chi connectivity index (χ4v) is 2.82. The van der Waals surface area contributed by atoms with E-state index in [-0.39, 0.29) is 4.90 Å². The number of aromatic nitrogens is 1. The van der Waals surface area contributed by atoms with Gasteiger partial charge in [0.15, 0.2) is 0 Å². The van der Waals surface area contributed by atoms with Crippen molar-refractivity contribution in [1.29, 1.82) is 0 Å². The molecule has 0 saturated carbocycles. The van der Waals surface area contributed by atoms with Gasteiger partial charge >= 0.3 is 0 Å². The summed E-state index contributed by atoms with van der Waals surface area (Å²) in [6.45, 7) is 6.02. The highest BCUT2D eigenvalue weighted by molar-refractivity contribution is 7.92. The van der Waals surface area contributed by atoms with Crippen LogP contribution in [0.15, 0.2) is 47.5 Å². The van der Waals surface area contributed by atoms with E-state index in [0.29, 0.717) is 11.7 Å². The van der Waals surface area contributed by atoms with Crippen molar-refractivity contribution >= 4 is 15.8 Å². The third kappa shape index (κ3) is 3.36. The van der Waals surface area contributed by atoms with Gasteiger partial charge in [0.25, 0.3) is 10.0 Å². The van der Waals surface area contributed by atoms with E-state index in [0.717, 1.165) is 11.1 Å². The van der Waals surface area contributed by atoms with E-state index in [1.165, 1.54) is 0 Å². The number of hydrogen-bond acceptors (Lipinski definition) is 3. The first-order valence-electron chi connectivity index (χ1n) is 6.44. The normalized spacial score (nSPS) is 11.6. The Balaban J connectivity index is 2.26. The maximum absolute atomic E-state index is 12.2. The van der Waals surface area contributed by atoms with Crippen LogP contribution in [0.1, 0.15) is 30.9 Å². The molecule has 1 aromatic carbocycles. The topological polar surface area (TPSA) is 59.1 Å². The summed E-state index contributed by atoms with van der Waals surface area (Å²) in [5, 5.41) is 0. The predicted octanol–water partition coefficient (Wildman–Crippen LogP) is 3.31. The van der Waals surface area contributed by atoms with E-state index in [4.69, 9.17) is 0 Å². The SMILES string of the molecule is Cc1ccnc(NS(=O)(=O)c2ccc(C(C)C)cc2)c1. The van der Waals surface area contributed by atoms with E-state index in [9.17, 15) is 8.42 Å². The van der Waals surface area contributed by atoms with Gasteiger partial charge in [-0.3, -0.25) is 4.72 Å². The monoisotopic (exact) mass is 290 g/mol. The summed E-state index contributed by atoms with van der Waals surface area (Å²) in [4.78, 5) is 4.25. The van der Waals surface area contributed by atoms with Crippen molar-refractivity contribution in [2.75, 3.05) is 4.72 Å². The molecule has 2 rings (SSSR count). The Morgan fingerprint density at radius 2 is 1.75 bits per heavy atom. The molecule has 0 radical (unpaired) electrons. The van der Waals surface area contributed by atoms with Crippen molar-refractivity contribution in [2.45, 2.75) is 31.6 Å². The predicted molar refractivity (Wildman–Crippen MR) is 80.3 cm³/mol. The minimum Gasteiger partial charge on any atom is -0.263 e. The van der Waals surface area contributed by atoms with Crippen LogP contribution in [0, 0.1) is 6.92 Å². The van der Waals surface area contributed by atoms with Crippen LogP contribution in [0.25, 0.3) is 0 Å². The number of nitrogens with zero attached hydrogens (tertiary/aromatic N) is 1. The first-order chi connectivity index (χ1) is 9.38. The maximum Gasteiger partial charge on any atom is 0.263 e. The van der Waals surface area contributed by atoms with Crippen LogP contribution < -0.4 is 4.72 Å². The number of benzene rings is 1. The highest BCUT2D eigenvalue weighted by atomic mass is 32.2. The van der Waals surface area contributed by atoms with Gasteiger partial charge in [0.05, 0.1) is 4.90 Å². The summed E-state index contributed by atoms with van der Waals surface area (Å²) in [5.41, 5.74) is 2.06. The summed E-state index contributed by atoms with van der Waals surface area (Å²) in [5.74, 6) is 0.705. The van der Waals surface area contributed by atoms with Gasteiger partial charge in [0.1, 0.15) is 5.82 Å². The number of hydrogen-bond donors (Lipinski definition) is 1. The van der Waals surface area contributed by atoms with Crippen LogP contribution in [0.2, 0.25) is 0 Å². The molecule has 1 aromatic heterocycles. The smallest absolute Gasteiger partial charge is 0.263 e. The molecule has 4 nitrogen and oxygen atoms in total. The third-order valence-electron chi connectivity index (χ3n) is 3.01. The van der Waals surface area contributed by atoms with Gasteiger partial charge in [0, 0.05) is 6.20 Å². The summed E-state index contributed by atoms with van der Waals surface area (Å²) in [6, 6.07) is 10.4. The van der Waals surface area contributed by atoms with Crippen LogP contribution in [-0.2, 0) is 10.0 Å². The molecule has 0 bridgehead atoms. The van der Waals surface area contributed by atoms with Crippen LogP contribution in [0.4, 0.5) is 5.82 Å². The molecule has 0 amide bonds. The van der Waals surface area contributed by atoms with E-state index in [2.05, 4.69) is 23.6 Å². The Hall–Kier alpha value is -1.88. The highest BCUT2D eigenvalue weighted by Gasteiger charge is 2.15. The lowest BCUT2D eigenvalue weighted by molar-refractivity contribution is 0.601. The van der Waals surface area contributed by atoms with Crippen molar-refractivity contribution in [3.63, 3.8) is 0 Å². The molecule has 0 atom stereocenters. The average molecular weight is 290 g/mol. The first kappa shape index (κ1) is 14.5. The maximum atomic E-state index is 12.2. The Morgan fingerprint density at radius 1 is 1.10 bits per heavy atom. The number of aryl methyl sites for hydroxylation is 1. The summed E-state index contributed by atoms with van der Waals surface area (Å²) in [7, 11) is -3.59. The fourth-order valence-electron chi connectivity index (χ4n) is 1.82. The molecule has 0 aliphatic carbocycles. The zero-order valence-electron chi connectivity index (χ0n) is 11.8. The molecule has 0 aliphatic rings. The molecule has 0 fully saturated rings. The Kier molecular flexibility index (Phi) is 4.09. The van der Waals surface area contributed by atoms with Crippen LogP contribution in [-0.4, -0.2) is 13.4 Å². The standard InChI is InChI=1S/C15H18N2O2S/c1-11(2)13-4-6-14(7-5-13)20(18,19)17-15-10-12(3)8-9-16-15/h4-11H,1-3H3,(H,16,17). The summed E-state index contributed by atoms with van der Waals surface area (Å²) >= 11 is 0. The lowest BCUT2D eigenvalue weighted by Gasteiger charge is -2.09. The second-order valence-electron chi connectivity index (χ2n) is 5.05. The Labute approximate surface area is 119 Å². The summed E-state index contributed by atoms with van der Waals surface area (Å²) in [6.07, 6.45) is 1.58. The van der Waals surface area contributed by atoms with Gasteiger partial charge in [-0.2, -0.15) is 0 Å². The molecule has 20 heavy (non-hydrogen) atoms. The first-order valence-corrected chi connectivity index (χ1v) is 7.92. The number of anilines is 1. The molecular weight excluding hydrogens is 272 g/mol. The van der Waals surface area contributed by atoms with Gasteiger partial charge in [-0.15, -0.1) is 0 Å². The molecule has 2 aromatic rings. The second-order valence-corrected chi connectivity index (χ2v) is 6.73. The van der Waals surface area contributed by atoms with Gasteiger partial charge in [0.2, 0.25) is 0 Å². The molecular formula is C15H18N2O2S. The number of pyridine rings is 1. The molecule has 1 heterocycles. The van der Waals surface area contributed by atoms with Crippen molar-refractivity contribution < 1.29 is 8.42 Å². The van der Waals surface area contributed by atoms with Crippen molar-refractivity contribution in [2.24, 2.45) is 0 Å². The van der Waals surface area contributed by atoms with E-state index in [1.54, 1.807) is 24.4 Å². The molecule has 1 N–H and O–H groups in total. The zero-order valence-corrected chi connectivity index (χ0v) is 12.6. The number of rotatable bonds is 4. The Morgan fingerprint density at radius 3 is 2.30 bits per heavy atom. The fraction of sp³-hybridized carbons (Fsp3) is 0.267. The minimum absolute atomic E-state index is 0.241. The number of sulfonamides is 1. The van der Waals surface area contributed by atoms with Crippen LogP contribution in [0.3, 0.4) is 0 Å². The molecule has 5 heteroatoms. The second kappa shape index (κ2) is 5.63. The van der Waals surface area contributed by atoms with E-state index >= 15 is 0 Å². The summed E-state index contributed by atoms with van der Waals surface area (Å²) < 4.78 is 27.0. The average Bonchev–Trinajstić information content (AvgIpc) is 2.38. The van der Waals surface area contributed by atoms with Crippen molar-refractivity contribution in [1.82, 2.24) is 4.98 Å². The van der Waals surface area contributed by atoms with Gasteiger partial charge in [-0.1, -0.05) is 26.0 Å². The zero-order chi connectivity index (χ0) is 14.8. The molecule has 0 unspecified atom stereocenters. The van der Waals surface area contributed by atoms with Gasteiger partial charge in [-0.25, -0.2) is 13.4 Å². The van der Waals surface area contributed by atoms with E-state index < -0.39 is 10.0 Å². The van der Waals surface area contributed by atoms with Crippen molar-refractivity contribution in [3.8, 4) is 0 Å². The quantitative estimate of drug-likeness (QED) is 0.939. The molecule has 0 aliphatic heterocycles. The van der Waals surface area contributed by atoms with E-state index in [1.807, 2.05) is 25.1 Å². The molecule has 0 spiro atoms. The lowest BCUT2D eigenvalue weighted by Crippen LogP contribution is -2.14. The Bertz CT molecular complexity index is 692. The van der Waals surface area contributed by atoms with Gasteiger partial charge in [-0.05, 0) is 48.2 Å². The molecule has 0 saturated heterocycles. The molecule has 106 valence electrons.